The van der Waals surface area contributed by atoms with E-state index in [2.05, 4.69) is 10.1 Å². The van der Waals surface area contributed by atoms with Gasteiger partial charge in [0.1, 0.15) is 22.5 Å². The lowest BCUT2D eigenvalue weighted by atomic mass is 10.3. The Morgan fingerprint density at radius 2 is 2.43 bits per heavy atom. The van der Waals surface area contributed by atoms with Crippen LogP contribution in [-0.4, -0.2) is 23.5 Å². The largest absolute Gasteiger partial charge is 0.494 e. The molecule has 1 aromatic carbocycles. The molecule has 0 aliphatic heterocycles. The van der Waals surface area contributed by atoms with E-state index < -0.39 is 0 Å². The Balaban J connectivity index is 2.64. The van der Waals surface area contributed by atoms with Gasteiger partial charge in [0.15, 0.2) is 0 Å². The molecule has 14 heavy (non-hydrogen) atoms. The Hall–Kier alpha value is -1.62. The standard InChI is InChI=1S/C9H8N2O2S/c1-13-6-3-2-4-7-9(6)11-8(14-7)5-10-12/h2-5,12H,1H3. The van der Waals surface area contributed by atoms with E-state index in [0.717, 1.165) is 16.0 Å². The number of oxime groups is 1. The number of methoxy groups -OCH3 is 1. The van der Waals surface area contributed by atoms with Crippen LogP contribution >= 0.6 is 11.3 Å². The topological polar surface area (TPSA) is 54.7 Å². The molecule has 0 saturated heterocycles. The Bertz CT molecular complexity index is 479. The number of rotatable bonds is 2. The van der Waals surface area contributed by atoms with E-state index in [1.807, 2.05) is 18.2 Å². The van der Waals surface area contributed by atoms with Gasteiger partial charge in [-0.1, -0.05) is 11.2 Å². The zero-order valence-electron chi connectivity index (χ0n) is 7.47. The van der Waals surface area contributed by atoms with Crippen molar-refractivity contribution in [3.8, 4) is 5.75 Å². The van der Waals surface area contributed by atoms with Crippen molar-refractivity contribution in [2.24, 2.45) is 5.16 Å². The van der Waals surface area contributed by atoms with Gasteiger partial charge >= 0.3 is 0 Å². The number of benzene rings is 1. The van der Waals surface area contributed by atoms with Gasteiger partial charge in [0.25, 0.3) is 0 Å². The third-order valence-corrected chi connectivity index (χ3v) is 2.74. The third kappa shape index (κ3) is 1.42. The van der Waals surface area contributed by atoms with Crippen molar-refractivity contribution in [3.63, 3.8) is 0 Å². The summed E-state index contributed by atoms with van der Waals surface area (Å²) in [6.45, 7) is 0. The summed E-state index contributed by atoms with van der Waals surface area (Å²) in [5.41, 5.74) is 0.801. The molecule has 0 atom stereocenters. The van der Waals surface area contributed by atoms with E-state index in [4.69, 9.17) is 9.94 Å². The second-order valence-corrected chi connectivity index (χ2v) is 3.67. The third-order valence-electron chi connectivity index (χ3n) is 1.79. The van der Waals surface area contributed by atoms with Crippen molar-refractivity contribution in [3.05, 3.63) is 23.2 Å². The molecule has 0 fully saturated rings. The smallest absolute Gasteiger partial charge is 0.145 e. The van der Waals surface area contributed by atoms with Gasteiger partial charge in [0, 0.05) is 0 Å². The minimum absolute atomic E-state index is 0.659. The molecule has 4 nitrogen and oxygen atoms in total. The normalized spacial score (nSPS) is 11.2. The summed E-state index contributed by atoms with van der Waals surface area (Å²) in [6.07, 6.45) is 1.31. The predicted octanol–water partition coefficient (Wildman–Crippen LogP) is 2.11. The molecule has 2 rings (SSSR count). The van der Waals surface area contributed by atoms with Crippen LogP contribution in [0.25, 0.3) is 10.2 Å². The number of nitrogens with zero attached hydrogens (tertiary/aromatic N) is 2. The summed E-state index contributed by atoms with van der Waals surface area (Å²) in [5.74, 6) is 0.733. The second-order valence-electron chi connectivity index (χ2n) is 2.60. The van der Waals surface area contributed by atoms with Crippen LogP contribution in [0.5, 0.6) is 5.75 Å². The van der Waals surface area contributed by atoms with Crippen molar-refractivity contribution in [2.75, 3.05) is 7.11 Å². The first kappa shape index (κ1) is 8.96. The number of para-hydroxylation sites is 1. The van der Waals surface area contributed by atoms with E-state index in [9.17, 15) is 0 Å². The highest BCUT2D eigenvalue weighted by atomic mass is 32.1. The lowest BCUT2D eigenvalue weighted by Crippen LogP contribution is -1.84. The zero-order chi connectivity index (χ0) is 9.97. The fraction of sp³-hybridized carbons (Fsp3) is 0.111. The summed E-state index contributed by atoms with van der Waals surface area (Å²) < 4.78 is 6.17. The first-order valence-corrected chi connectivity index (χ1v) is 4.78. The van der Waals surface area contributed by atoms with Gasteiger partial charge in [-0.15, -0.1) is 11.3 Å². The highest BCUT2D eigenvalue weighted by molar-refractivity contribution is 7.20. The van der Waals surface area contributed by atoms with Crippen molar-refractivity contribution >= 4 is 27.8 Å². The van der Waals surface area contributed by atoms with Crippen LogP contribution in [-0.2, 0) is 0 Å². The molecule has 1 heterocycles. The molecule has 0 spiro atoms. The number of aromatic nitrogens is 1. The van der Waals surface area contributed by atoms with Crippen molar-refractivity contribution in [2.45, 2.75) is 0 Å². The van der Waals surface area contributed by atoms with Gasteiger partial charge in [-0.3, -0.25) is 0 Å². The Morgan fingerprint density at radius 3 is 3.14 bits per heavy atom. The molecular formula is C9H8N2O2S. The van der Waals surface area contributed by atoms with Crippen LogP contribution in [0.2, 0.25) is 0 Å². The average Bonchev–Trinajstić information content (AvgIpc) is 2.60. The lowest BCUT2D eigenvalue weighted by Gasteiger charge is -1.97. The maximum absolute atomic E-state index is 8.38. The molecule has 1 N–H and O–H groups in total. The summed E-state index contributed by atoms with van der Waals surface area (Å²) in [6, 6.07) is 5.70. The molecule has 5 heteroatoms. The van der Waals surface area contributed by atoms with Gasteiger partial charge < -0.3 is 9.94 Å². The molecule has 1 aromatic heterocycles. The van der Waals surface area contributed by atoms with Crippen LogP contribution in [0, 0.1) is 0 Å². The molecule has 0 bridgehead atoms. The minimum Gasteiger partial charge on any atom is -0.494 e. The number of hydrogen-bond donors (Lipinski definition) is 1. The summed E-state index contributed by atoms with van der Waals surface area (Å²) in [4.78, 5) is 4.26. The van der Waals surface area contributed by atoms with Gasteiger partial charge in [-0.2, -0.15) is 0 Å². The van der Waals surface area contributed by atoms with Crippen LogP contribution in [0.1, 0.15) is 5.01 Å². The highest BCUT2D eigenvalue weighted by Crippen LogP contribution is 2.28. The minimum atomic E-state index is 0.659. The molecule has 0 unspecified atom stereocenters. The van der Waals surface area contributed by atoms with Crippen LogP contribution in [0.3, 0.4) is 0 Å². The predicted molar refractivity (Wildman–Crippen MR) is 55.6 cm³/mol. The monoisotopic (exact) mass is 208 g/mol. The molecule has 2 aromatic rings. The Labute approximate surface area is 84.5 Å². The van der Waals surface area contributed by atoms with Crippen LogP contribution < -0.4 is 4.74 Å². The SMILES string of the molecule is COc1cccc2sc(C=NO)nc12. The Kier molecular flexibility index (Phi) is 2.32. The van der Waals surface area contributed by atoms with Crippen molar-refractivity contribution in [1.82, 2.24) is 4.98 Å². The molecular weight excluding hydrogens is 200 g/mol. The van der Waals surface area contributed by atoms with E-state index in [1.165, 1.54) is 17.6 Å². The molecule has 0 amide bonds. The quantitative estimate of drug-likeness (QED) is 0.467. The fourth-order valence-corrected chi connectivity index (χ4v) is 2.06. The van der Waals surface area contributed by atoms with Gasteiger partial charge in [-0.05, 0) is 12.1 Å². The number of fused-ring (bicyclic) bond motifs is 1. The van der Waals surface area contributed by atoms with E-state index >= 15 is 0 Å². The average molecular weight is 208 g/mol. The summed E-state index contributed by atoms with van der Waals surface area (Å²) >= 11 is 1.45. The number of ether oxygens (including phenoxy) is 1. The zero-order valence-corrected chi connectivity index (χ0v) is 8.28. The van der Waals surface area contributed by atoms with Crippen molar-refractivity contribution < 1.29 is 9.94 Å². The fourth-order valence-electron chi connectivity index (χ4n) is 1.21. The van der Waals surface area contributed by atoms with Gasteiger partial charge in [0.05, 0.1) is 11.8 Å². The van der Waals surface area contributed by atoms with Crippen molar-refractivity contribution in [1.29, 1.82) is 0 Å². The first-order chi connectivity index (χ1) is 6.85. The number of thiazole rings is 1. The molecule has 0 radical (unpaired) electrons. The van der Waals surface area contributed by atoms with Gasteiger partial charge in [-0.25, -0.2) is 4.98 Å². The van der Waals surface area contributed by atoms with Gasteiger partial charge in [0.2, 0.25) is 0 Å². The lowest BCUT2D eigenvalue weighted by molar-refractivity contribution is 0.322. The van der Waals surface area contributed by atoms with E-state index in [0.29, 0.717) is 5.01 Å². The number of hydrogen-bond acceptors (Lipinski definition) is 5. The molecule has 0 saturated carbocycles. The van der Waals surface area contributed by atoms with E-state index in [1.54, 1.807) is 7.11 Å². The molecule has 0 aliphatic rings. The molecule has 0 aliphatic carbocycles. The maximum atomic E-state index is 8.38. The second kappa shape index (κ2) is 3.63. The maximum Gasteiger partial charge on any atom is 0.145 e. The molecule has 72 valence electrons. The van der Waals surface area contributed by atoms with Crippen LogP contribution in [0.4, 0.5) is 0 Å². The van der Waals surface area contributed by atoms with Crippen LogP contribution in [0.15, 0.2) is 23.4 Å². The van der Waals surface area contributed by atoms with E-state index in [-0.39, 0.29) is 0 Å². The summed E-state index contributed by atoms with van der Waals surface area (Å²) in [7, 11) is 1.61. The first-order valence-electron chi connectivity index (χ1n) is 3.96. The Morgan fingerprint density at radius 1 is 1.57 bits per heavy atom. The highest BCUT2D eigenvalue weighted by Gasteiger charge is 2.06. The summed E-state index contributed by atoms with van der Waals surface area (Å²) in [5, 5.41) is 12.0.